The Morgan fingerprint density at radius 3 is 2.42 bits per heavy atom. The number of rotatable bonds is 6. The lowest BCUT2D eigenvalue weighted by molar-refractivity contribution is -0.149. The van der Waals surface area contributed by atoms with Crippen LogP contribution in [-0.2, 0) is 16.1 Å². The van der Waals surface area contributed by atoms with E-state index in [1.54, 1.807) is 0 Å². The van der Waals surface area contributed by atoms with E-state index in [1.165, 1.54) is 11.9 Å². The minimum Gasteiger partial charge on any atom is -0.563 e. The summed E-state index contributed by atoms with van der Waals surface area (Å²) in [6.07, 6.45) is 0. The second kappa shape index (κ2) is 8.66. The molecule has 0 spiro atoms. The summed E-state index contributed by atoms with van der Waals surface area (Å²) in [5.74, 6) is -1.29. The summed E-state index contributed by atoms with van der Waals surface area (Å²) >= 11 is 0. The number of carbonyl (C=O) groups is 3. The Labute approximate surface area is 153 Å². The van der Waals surface area contributed by atoms with Crippen LogP contribution < -0.4 is 10.6 Å². The van der Waals surface area contributed by atoms with E-state index in [-0.39, 0.29) is 18.5 Å². The molecule has 4 N–H and O–H groups in total. The maximum atomic E-state index is 13.0. The van der Waals surface area contributed by atoms with E-state index < -0.39 is 24.1 Å². The molecule has 1 aliphatic heterocycles. The summed E-state index contributed by atoms with van der Waals surface area (Å²) in [6, 6.07) is 7.72. The van der Waals surface area contributed by atoms with Crippen LogP contribution >= 0.6 is 0 Å². The van der Waals surface area contributed by atoms with Crippen LogP contribution in [-0.4, -0.2) is 65.2 Å². The molecule has 0 radical (unpaired) electrons. The van der Waals surface area contributed by atoms with Crippen molar-refractivity contribution in [1.82, 2.24) is 20.4 Å². The predicted octanol–water partition coefficient (Wildman–Crippen LogP) is -0.138. The first kappa shape index (κ1) is 19.7. The average molecular weight is 363 g/mol. The molecule has 0 aliphatic carbocycles. The summed E-state index contributed by atoms with van der Waals surface area (Å²) in [4.78, 5) is 39.8. The van der Waals surface area contributed by atoms with Gasteiger partial charge in [-0.05, 0) is 11.5 Å². The fourth-order valence-corrected chi connectivity index (χ4v) is 3.02. The highest BCUT2D eigenvalue weighted by molar-refractivity contribution is 5.90. The van der Waals surface area contributed by atoms with Gasteiger partial charge in [-0.3, -0.25) is 9.69 Å². The van der Waals surface area contributed by atoms with E-state index in [0.717, 1.165) is 5.56 Å². The molecule has 2 rings (SSSR count). The molecule has 0 unspecified atom stereocenters. The average Bonchev–Trinajstić information content (AvgIpc) is 3.03. The van der Waals surface area contributed by atoms with Gasteiger partial charge in [0.2, 0.25) is 11.9 Å². The number of hydrogen-bond donors (Lipinski definition) is 2. The summed E-state index contributed by atoms with van der Waals surface area (Å²) in [6.45, 7) is 4.81. The van der Waals surface area contributed by atoms with E-state index in [0.29, 0.717) is 13.1 Å². The van der Waals surface area contributed by atoms with Gasteiger partial charge >= 0.3 is 12.0 Å². The largest absolute Gasteiger partial charge is 0.563 e. The number of urea groups is 1. The van der Waals surface area contributed by atoms with Crippen molar-refractivity contribution in [2.75, 3.05) is 20.3 Å². The van der Waals surface area contributed by atoms with Crippen LogP contribution in [0.4, 0.5) is 4.79 Å². The topological polar surface area (TPSA) is 105 Å². The predicted molar refractivity (Wildman–Crippen MR) is 97.2 cm³/mol. The smallest absolute Gasteiger partial charge is 0.540 e. The Morgan fingerprint density at radius 1 is 1.23 bits per heavy atom. The van der Waals surface area contributed by atoms with E-state index >= 15 is 0 Å². The first-order chi connectivity index (χ1) is 12.3. The lowest BCUT2D eigenvalue weighted by Gasteiger charge is -2.28. The van der Waals surface area contributed by atoms with Gasteiger partial charge < -0.3 is 20.6 Å². The summed E-state index contributed by atoms with van der Waals surface area (Å²) in [7, 11) is 1.48. The number of hydrogen-bond acceptors (Lipinski definition) is 4. The fraction of sp³-hybridized carbons (Fsp3) is 0.500. The zero-order valence-corrected chi connectivity index (χ0v) is 15.4. The zero-order chi connectivity index (χ0) is 19.3. The van der Waals surface area contributed by atoms with Gasteiger partial charge in [-0.25, -0.2) is 4.79 Å². The second-order valence-corrected chi connectivity index (χ2v) is 6.77. The number of benzene rings is 1. The van der Waals surface area contributed by atoms with Gasteiger partial charge in [-0.15, -0.1) is 0 Å². The van der Waals surface area contributed by atoms with E-state index in [2.05, 4.69) is 10.6 Å². The van der Waals surface area contributed by atoms with Crippen molar-refractivity contribution in [1.29, 1.82) is 0 Å². The Morgan fingerprint density at radius 2 is 1.88 bits per heavy atom. The van der Waals surface area contributed by atoms with Crippen LogP contribution in [0, 0.1) is 5.92 Å². The third kappa shape index (κ3) is 4.72. The Kier molecular flexibility index (Phi) is 6.57. The normalized spacial score (nSPS) is 18.6. The standard InChI is InChI=1S/C18H26N4O4/c1-12(2)15(20-18(26)19-3)16(23)22-11-21(10-14(22)17(24)25)9-13-7-5-4-6-8-13/h4-8,12,14-15H,9-11H2,1-3H3,(H,24,25)(H2,19,20,26)/p+1/t14-,15-/m0/s1. The van der Waals surface area contributed by atoms with Gasteiger partial charge in [0, 0.05) is 24.9 Å². The van der Waals surface area contributed by atoms with Crippen molar-refractivity contribution in [3.05, 3.63) is 35.9 Å². The quantitative estimate of drug-likeness (QED) is 0.687. The molecule has 0 saturated carbocycles. The molecule has 1 saturated heterocycles. The molecule has 26 heavy (non-hydrogen) atoms. The SMILES string of the molecule is CNC(=O)N[C@H](C(=O)N1CN(Cc2ccccc2)C[C@H]1C(=O)[OH2+])C(C)C. The van der Waals surface area contributed by atoms with Gasteiger partial charge in [0.05, 0.1) is 6.67 Å². The van der Waals surface area contributed by atoms with Gasteiger partial charge in [0.15, 0.2) is 0 Å². The molecule has 2 atom stereocenters. The van der Waals surface area contributed by atoms with Crippen LogP contribution in [0.15, 0.2) is 30.3 Å². The summed E-state index contributed by atoms with van der Waals surface area (Å²) < 4.78 is 0. The van der Waals surface area contributed by atoms with Crippen LogP contribution in [0.1, 0.15) is 19.4 Å². The summed E-state index contributed by atoms with van der Waals surface area (Å²) in [5, 5.41) is 12.6. The zero-order valence-electron chi connectivity index (χ0n) is 15.4. The van der Waals surface area contributed by atoms with Crippen molar-refractivity contribution in [2.24, 2.45) is 5.92 Å². The molecule has 1 fully saturated rings. The van der Waals surface area contributed by atoms with Gasteiger partial charge in [-0.1, -0.05) is 44.2 Å². The first-order valence-corrected chi connectivity index (χ1v) is 8.64. The molecule has 0 bridgehead atoms. The molecular formula is C18H27N4O4+. The minimum absolute atomic E-state index is 0.149. The van der Waals surface area contributed by atoms with Crippen LogP contribution in [0.5, 0.6) is 0 Å². The highest BCUT2D eigenvalue weighted by atomic mass is 16.4. The molecule has 1 aromatic carbocycles. The molecule has 8 nitrogen and oxygen atoms in total. The van der Waals surface area contributed by atoms with Crippen LogP contribution in [0.25, 0.3) is 0 Å². The lowest BCUT2D eigenvalue weighted by atomic mass is 10.0. The molecule has 1 heterocycles. The Bertz CT molecular complexity index is 650. The fourth-order valence-electron chi connectivity index (χ4n) is 3.02. The van der Waals surface area contributed by atoms with E-state index in [4.69, 9.17) is 5.11 Å². The van der Waals surface area contributed by atoms with Crippen molar-refractivity contribution < 1.29 is 19.5 Å². The number of carbonyl (C=O) groups excluding carboxylic acids is 3. The number of nitrogens with one attached hydrogen (secondary N) is 2. The molecule has 3 amide bonds. The van der Waals surface area contributed by atoms with Gasteiger partial charge in [0.25, 0.3) is 0 Å². The maximum Gasteiger partial charge on any atom is 0.540 e. The highest BCUT2D eigenvalue weighted by Gasteiger charge is 2.45. The van der Waals surface area contributed by atoms with Gasteiger partial charge in [-0.2, -0.15) is 0 Å². The number of amides is 3. The van der Waals surface area contributed by atoms with Crippen molar-refractivity contribution in [3.63, 3.8) is 0 Å². The molecule has 1 aliphatic rings. The molecule has 0 aromatic heterocycles. The summed E-state index contributed by atoms with van der Waals surface area (Å²) in [5.41, 5.74) is 1.07. The Balaban J connectivity index is 2.14. The van der Waals surface area contributed by atoms with Crippen LogP contribution in [0.2, 0.25) is 0 Å². The van der Waals surface area contributed by atoms with Gasteiger partial charge in [0.1, 0.15) is 6.04 Å². The van der Waals surface area contributed by atoms with Crippen LogP contribution in [0.3, 0.4) is 0 Å². The third-order valence-electron chi connectivity index (χ3n) is 4.44. The minimum atomic E-state index is -0.820. The maximum absolute atomic E-state index is 13.0. The van der Waals surface area contributed by atoms with E-state index in [1.807, 2.05) is 49.1 Å². The van der Waals surface area contributed by atoms with Crippen molar-refractivity contribution in [2.45, 2.75) is 32.5 Å². The third-order valence-corrected chi connectivity index (χ3v) is 4.44. The molecule has 1 aromatic rings. The molecular weight excluding hydrogens is 336 g/mol. The second-order valence-electron chi connectivity index (χ2n) is 6.77. The van der Waals surface area contributed by atoms with Crippen molar-refractivity contribution >= 4 is 17.9 Å². The Hall–Kier alpha value is -2.61. The first-order valence-electron chi connectivity index (χ1n) is 8.64. The number of nitrogens with zero attached hydrogens (tertiary/aromatic N) is 2. The molecule has 142 valence electrons. The lowest BCUT2D eigenvalue weighted by Crippen LogP contribution is -2.55. The molecule has 8 heteroatoms. The van der Waals surface area contributed by atoms with E-state index in [9.17, 15) is 14.4 Å². The monoisotopic (exact) mass is 363 g/mol. The highest BCUT2D eigenvalue weighted by Crippen LogP contribution is 2.19. The van der Waals surface area contributed by atoms with Crippen molar-refractivity contribution in [3.8, 4) is 0 Å².